The van der Waals surface area contributed by atoms with Gasteiger partial charge in [0.1, 0.15) is 11.6 Å². The van der Waals surface area contributed by atoms with Crippen LogP contribution in [-0.4, -0.2) is 16.5 Å². The standard InChI is InChI=1S/C15H17F2N3/c1-3-8-18-15-14(17)10(2)19-13(20-15)9-11-4-6-12(16)7-5-11/h4-7H,3,8-9H2,1-2H3,(H,18,19,20). The first-order valence-electron chi connectivity index (χ1n) is 6.61. The van der Waals surface area contributed by atoms with Crippen molar-refractivity contribution in [2.45, 2.75) is 26.7 Å². The molecule has 1 aromatic carbocycles. The average Bonchev–Trinajstić information content (AvgIpc) is 2.43. The van der Waals surface area contributed by atoms with Crippen LogP contribution < -0.4 is 5.32 Å². The van der Waals surface area contributed by atoms with Crippen LogP contribution >= 0.6 is 0 Å². The topological polar surface area (TPSA) is 37.8 Å². The van der Waals surface area contributed by atoms with Gasteiger partial charge in [0.15, 0.2) is 11.6 Å². The fourth-order valence-corrected chi connectivity index (χ4v) is 1.84. The van der Waals surface area contributed by atoms with E-state index in [9.17, 15) is 8.78 Å². The highest BCUT2D eigenvalue weighted by molar-refractivity contribution is 5.38. The van der Waals surface area contributed by atoms with Crippen molar-refractivity contribution in [1.82, 2.24) is 9.97 Å². The quantitative estimate of drug-likeness (QED) is 0.909. The summed E-state index contributed by atoms with van der Waals surface area (Å²) in [5.74, 6) is 0.0575. The molecule has 2 aromatic rings. The van der Waals surface area contributed by atoms with Gasteiger partial charge in [0.25, 0.3) is 0 Å². The molecule has 2 rings (SSSR count). The van der Waals surface area contributed by atoms with Gasteiger partial charge in [-0.3, -0.25) is 0 Å². The van der Waals surface area contributed by atoms with E-state index in [2.05, 4.69) is 15.3 Å². The first-order valence-corrected chi connectivity index (χ1v) is 6.61. The second kappa shape index (κ2) is 6.41. The van der Waals surface area contributed by atoms with E-state index in [1.807, 2.05) is 6.92 Å². The number of anilines is 1. The second-order valence-electron chi connectivity index (χ2n) is 4.62. The Bertz CT molecular complexity index is 582. The van der Waals surface area contributed by atoms with Crippen molar-refractivity contribution in [3.05, 3.63) is 53.0 Å². The Labute approximate surface area is 117 Å². The summed E-state index contributed by atoms with van der Waals surface area (Å²) in [6, 6.07) is 6.14. The highest BCUT2D eigenvalue weighted by atomic mass is 19.1. The van der Waals surface area contributed by atoms with Crippen LogP contribution in [-0.2, 0) is 6.42 Å². The summed E-state index contributed by atoms with van der Waals surface area (Å²) >= 11 is 0. The Kier molecular flexibility index (Phi) is 4.61. The van der Waals surface area contributed by atoms with Crippen LogP contribution in [0, 0.1) is 18.6 Å². The minimum Gasteiger partial charge on any atom is -0.368 e. The molecule has 0 radical (unpaired) electrons. The van der Waals surface area contributed by atoms with Gasteiger partial charge in [-0.05, 0) is 31.0 Å². The van der Waals surface area contributed by atoms with E-state index in [1.165, 1.54) is 12.1 Å². The molecule has 1 aromatic heterocycles. The number of aromatic nitrogens is 2. The largest absolute Gasteiger partial charge is 0.368 e. The molecule has 0 fully saturated rings. The number of nitrogens with zero attached hydrogens (tertiary/aromatic N) is 2. The molecule has 3 nitrogen and oxygen atoms in total. The molecule has 1 heterocycles. The number of nitrogens with one attached hydrogen (secondary N) is 1. The van der Waals surface area contributed by atoms with Gasteiger partial charge in [-0.25, -0.2) is 18.7 Å². The summed E-state index contributed by atoms with van der Waals surface area (Å²) in [5.41, 5.74) is 1.20. The first kappa shape index (κ1) is 14.4. The van der Waals surface area contributed by atoms with Crippen molar-refractivity contribution < 1.29 is 8.78 Å². The predicted molar refractivity (Wildman–Crippen MR) is 74.7 cm³/mol. The van der Waals surface area contributed by atoms with E-state index in [0.717, 1.165) is 12.0 Å². The molecule has 0 unspecified atom stereocenters. The van der Waals surface area contributed by atoms with Crippen molar-refractivity contribution in [1.29, 1.82) is 0 Å². The fraction of sp³-hybridized carbons (Fsp3) is 0.333. The lowest BCUT2D eigenvalue weighted by molar-refractivity contribution is 0.600. The van der Waals surface area contributed by atoms with Crippen LogP contribution in [0.3, 0.4) is 0 Å². The lowest BCUT2D eigenvalue weighted by Gasteiger charge is -2.09. The molecular formula is C15H17F2N3. The maximum atomic E-state index is 13.9. The van der Waals surface area contributed by atoms with Gasteiger partial charge in [0, 0.05) is 13.0 Å². The van der Waals surface area contributed by atoms with Gasteiger partial charge < -0.3 is 5.32 Å². The molecule has 0 atom stereocenters. The number of benzene rings is 1. The van der Waals surface area contributed by atoms with E-state index in [-0.39, 0.29) is 11.6 Å². The van der Waals surface area contributed by atoms with Gasteiger partial charge in [-0.1, -0.05) is 19.1 Å². The molecule has 0 aliphatic heterocycles. The van der Waals surface area contributed by atoms with Crippen molar-refractivity contribution in [2.75, 3.05) is 11.9 Å². The molecule has 1 N–H and O–H groups in total. The summed E-state index contributed by atoms with van der Waals surface area (Å²) in [6.07, 6.45) is 1.33. The molecule has 0 saturated carbocycles. The molecule has 0 aliphatic carbocycles. The Morgan fingerprint density at radius 2 is 1.80 bits per heavy atom. The number of halogens is 2. The zero-order valence-corrected chi connectivity index (χ0v) is 11.6. The van der Waals surface area contributed by atoms with Crippen molar-refractivity contribution in [3.8, 4) is 0 Å². The maximum Gasteiger partial charge on any atom is 0.186 e. The van der Waals surface area contributed by atoms with Gasteiger partial charge in [-0.2, -0.15) is 0 Å². The van der Waals surface area contributed by atoms with E-state index >= 15 is 0 Å². The highest BCUT2D eigenvalue weighted by Crippen LogP contribution is 2.16. The van der Waals surface area contributed by atoms with E-state index in [1.54, 1.807) is 19.1 Å². The van der Waals surface area contributed by atoms with Crippen LogP contribution in [0.5, 0.6) is 0 Å². The summed E-state index contributed by atoms with van der Waals surface area (Å²) in [7, 11) is 0. The summed E-state index contributed by atoms with van der Waals surface area (Å²) in [6.45, 7) is 4.27. The number of hydrogen-bond donors (Lipinski definition) is 1. The van der Waals surface area contributed by atoms with Gasteiger partial charge in [0.2, 0.25) is 0 Å². The lowest BCUT2D eigenvalue weighted by atomic mass is 10.1. The van der Waals surface area contributed by atoms with Crippen LogP contribution in [0.15, 0.2) is 24.3 Å². The third-order valence-electron chi connectivity index (χ3n) is 2.88. The monoisotopic (exact) mass is 277 g/mol. The fourth-order valence-electron chi connectivity index (χ4n) is 1.84. The summed E-state index contributed by atoms with van der Waals surface area (Å²) < 4.78 is 26.7. The average molecular weight is 277 g/mol. The number of rotatable bonds is 5. The Morgan fingerprint density at radius 3 is 2.45 bits per heavy atom. The molecule has 0 spiro atoms. The third-order valence-corrected chi connectivity index (χ3v) is 2.88. The van der Waals surface area contributed by atoms with Crippen molar-refractivity contribution in [2.24, 2.45) is 0 Å². The molecule has 0 bridgehead atoms. The maximum absolute atomic E-state index is 13.9. The molecule has 0 saturated heterocycles. The predicted octanol–water partition coefficient (Wildman–Crippen LogP) is 3.48. The summed E-state index contributed by atoms with van der Waals surface area (Å²) in [4.78, 5) is 8.34. The van der Waals surface area contributed by atoms with Gasteiger partial charge >= 0.3 is 0 Å². The van der Waals surface area contributed by atoms with Crippen molar-refractivity contribution >= 4 is 5.82 Å². The molecule has 0 amide bonds. The molecule has 5 heteroatoms. The van der Waals surface area contributed by atoms with Gasteiger partial charge in [0.05, 0.1) is 5.69 Å². The van der Waals surface area contributed by atoms with Crippen LogP contribution in [0.1, 0.15) is 30.4 Å². The smallest absolute Gasteiger partial charge is 0.186 e. The number of hydrogen-bond acceptors (Lipinski definition) is 3. The minimum absolute atomic E-state index is 0.233. The van der Waals surface area contributed by atoms with E-state index in [4.69, 9.17) is 0 Å². The molecule has 0 aliphatic rings. The zero-order chi connectivity index (χ0) is 14.5. The SMILES string of the molecule is CCCNc1nc(Cc2ccc(F)cc2)nc(C)c1F. The van der Waals surface area contributed by atoms with E-state index in [0.29, 0.717) is 24.5 Å². The van der Waals surface area contributed by atoms with Gasteiger partial charge in [-0.15, -0.1) is 0 Å². The van der Waals surface area contributed by atoms with E-state index < -0.39 is 5.82 Å². The second-order valence-corrected chi connectivity index (χ2v) is 4.62. The van der Waals surface area contributed by atoms with Crippen molar-refractivity contribution in [3.63, 3.8) is 0 Å². The Morgan fingerprint density at radius 1 is 1.10 bits per heavy atom. The lowest BCUT2D eigenvalue weighted by Crippen LogP contribution is -2.10. The zero-order valence-electron chi connectivity index (χ0n) is 11.6. The highest BCUT2D eigenvalue weighted by Gasteiger charge is 2.11. The Balaban J connectivity index is 2.23. The molecule has 106 valence electrons. The Hall–Kier alpha value is -2.04. The number of aryl methyl sites for hydroxylation is 1. The molecule has 20 heavy (non-hydrogen) atoms. The summed E-state index contributed by atoms with van der Waals surface area (Å²) in [5, 5.41) is 2.95. The third kappa shape index (κ3) is 3.50. The minimum atomic E-state index is -0.415. The van der Waals surface area contributed by atoms with Crippen LogP contribution in [0.2, 0.25) is 0 Å². The first-order chi connectivity index (χ1) is 9.60. The van der Waals surface area contributed by atoms with Crippen LogP contribution in [0.4, 0.5) is 14.6 Å². The normalized spacial score (nSPS) is 10.6. The van der Waals surface area contributed by atoms with Crippen LogP contribution in [0.25, 0.3) is 0 Å². The molecular weight excluding hydrogens is 260 g/mol.